The van der Waals surface area contributed by atoms with E-state index in [0.29, 0.717) is 28.7 Å². The van der Waals surface area contributed by atoms with Gasteiger partial charge in [-0.25, -0.2) is 0 Å². The number of nitrogens with one attached hydrogen (secondary N) is 1. The molecule has 1 aromatic rings. The van der Waals surface area contributed by atoms with Crippen LogP contribution in [0.5, 0.6) is 5.75 Å². The highest BCUT2D eigenvalue weighted by Gasteiger charge is 2.70. The third-order valence-corrected chi connectivity index (χ3v) is 5.73. The van der Waals surface area contributed by atoms with Crippen LogP contribution in [0.25, 0.3) is 0 Å². The number of hydrogen-bond donors (Lipinski definition) is 1. The van der Waals surface area contributed by atoms with E-state index in [1.165, 1.54) is 0 Å². The van der Waals surface area contributed by atoms with Crippen molar-refractivity contribution in [3.8, 4) is 5.75 Å². The number of benzene rings is 1. The van der Waals surface area contributed by atoms with Gasteiger partial charge in [0.05, 0.1) is 12.0 Å². The molecule has 3 aliphatic rings. The first-order valence-corrected chi connectivity index (χ1v) is 8.92. The highest BCUT2D eigenvalue weighted by Crippen LogP contribution is 2.65. The van der Waals surface area contributed by atoms with Crippen molar-refractivity contribution in [3.63, 3.8) is 0 Å². The van der Waals surface area contributed by atoms with Gasteiger partial charge in [-0.3, -0.25) is 9.59 Å². The maximum atomic E-state index is 12.6. The van der Waals surface area contributed by atoms with Gasteiger partial charge in [0.2, 0.25) is 5.91 Å². The number of halogens is 1. The van der Waals surface area contributed by atoms with E-state index in [9.17, 15) is 9.59 Å². The Morgan fingerprint density at radius 2 is 2.12 bits per heavy atom. The number of rotatable bonds is 1. The first-order valence-electron chi connectivity index (χ1n) is 8.54. The predicted octanol–water partition coefficient (Wildman–Crippen LogP) is 3.61. The van der Waals surface area contributed by atoms with Gasteiger partial charge in [0, 0.05) is 22.4 Å². The molecule has 1 aliphatic heterocycles. The molecule has 4 nitrogen and oxygen atoms in total. The molecule has 1 amide bonds. The van der Waals surface area contributed by atoms with Gasteiger partial charge in [-0.05, 0) is 57.7 Å². The summed E-state index contributed by atoms with van der Waals surface area (Å²) in [6, 6.07) is 5.20. The van der Waals surface area contributed by atoms with E-state index in [0.717, 1.165) is 12.8 Å². The number of ketones is 1. The second kappa shape index (κ2) is 4.98. The van der Waals surface area contributed by atoms with Crippen LogP contribution in [0.15, 0.2) is 18.2 Å². The minimum Gasteiger partial charge on any atom is -0.486 e. The SMILES string of the molecule is CC(C)(C)NC(=O)[C@H]1[C@@H]2CC[C@@]3(CC(=O)c4cc(Cl)ccc4O3)[C@@H]21. The summed E-state index contributed by atoms with van der Waals surface area (Å²) in [4.78, 5) is 25.2. The molecule has 0 radical (unpaired) electrons. The Labute approximate surface area is 146 Å². The molecular formula is C19H22ClNO3. The fourth-order valence-corrected chi connectivity index (χ4v) is 4.77. The van der Waals surface area contributed by atoms with Gasteiger partial charge in [0.15, 0.2) is 5.78 Å². The molecule has 4 atom stereocenters. The number of Topliss-reactive ketones (excluding diaryl/α,β-unsaturated/α-hetero) is 1. The number of amides is 1. The second-order valence-electron chi connectivity index (χ2n) is 8.40. The Morgan fingerprint density at radius 1 is 1.38 bits per heavy atom. The minimum absolute atomic E-state index is 0.0281. The van der Waals surface area contributed by atoms with E-state index in [4.69, 9.17) is 16.3 Å². The van der Waals surface area contributed by atoms with Crippen LogP contribution in [-0.2, 0) is 4.79 Å². The first-order chi connectivity index (χ1) is 11.2. The largest absolute Gasteiger partial charge is 0.486 e. The molecule has 0 bridgehead atoms. The summed E-state index contributed by atoms with van der Waals surface area (Å²) < 4.78 is 6.31. The van der Waals surface area contributed by atoms with Gasteiger partial charge in [0.1, 0.15) is 11.4 Å². The smallest absolute Gasteiger partial charge is 0.224 e. The van der Waals surface area contributed by atoms with Gasteiger partial charge >= 0.3 is 0 Å². The Morgan fingerprint density at radius 3 is 2.83 bits per heavy atom. The summed E-state index contributed by atoms with van der Waals surface area (Å²) in [5.41, 5.74) is -0.191. The Bertz CT molecular complexity index is 739. The summed E-state index contributed by atoms with van der Waals surface area (Å²) in [6.07, 6.45) is 2.14. The summed E-state index contributed by atoms with van der Waals surface area (Å²) >= 11 is 6.00. The van der Waals surface area contributed by atoms with Crippen LogP contribution in [0, 0.1) is 17.8 Å². The maximum absolute atomic E-state index is 12.6. The van der Waals surface area contributed by atoms with Crippen LogP contribution >= 0.6 is 11.6 Å². The zero-order valence-electron chi connectivity index (χ0n) is 14.2. The van der Waals surface area contributed by atoms with E-state index < -0.39 is 5.60 Å². The maximum Gasteiger partial charge on any atom is 0.224 e. The topological polar surface area (TPSA) is 55.4 Å². The molecule has 0 aromatic heterocycles. The molecular weight excluding hydrogens is 326 g/mol. The first kappa shape index (κ1) is 15.9. The molecule has 2 saturated carbocycles. The second-order valence-corrected chi connectivity index (χ2v) is 8.84. The van der Waals surface area contributed by atoms with Crippen LogP contribution in [0.4, 0.5) is 0 Å². The summed E-state index contributed by atoms with van der Waals surface area (Å²) in [5.74, 6) is 1.23. The molecule has 1 aromatic carbocycles. The zero-order valence-corrected chi connectivity index (χ0v) is 14.9. The van der Waals surface area contributed by atoms with Gasteiger partial charge in [-0.1, -0.05) is 11.6 Å². The van der Waals surface area contributed by atoms with Crippen molar-refractivity contribution >= 4 is 23.3 Å². The van der Waals surface area contributed by atoms with Crippen LogP contribution in [0.1, 0.15) is 50.4 Å². The fraction of sp³-hybridized carbons (Fsp3) is 0.579. The normalized spacial score (nSPS) is 33.7. The number of ether oxygens (including phenoxy) is 1. The highest BCUT2D eigenvalue weighted by molar-refractivity contribution is 6.31. The highest BCUT2D eigenvalue weighted by atomic mass is 35.5. The lowest BCUT2D eigenvalue weighted by atomic mass is 9.84. The Balaban J connectivity index is 1.58. The Hall–Kier alpha value is -1.55. The van der Waals surface area contributed by atoms with Crippen LogP contribution in [-0.4, -0.2) is 22.8 Å². The quantitative estimate of drug-likeness (QED) is 0.844. The lowest BCUT2D eigenvalue weighted by Crippen LogP contribution is -2.46. The molecule has 1 N–H and O–H groups in total. The predicted molar refractivity (Wildman–Crippen MR) is 91.4 cm³/mol. The third-order valence-electron chi connectivity index (χ3n) is 5.49. The van der Waals surface area contributed by atoms with Crippen LogP contribution in [0.3, 0.4) is 0 Å². The monoisotopic (exact) mass is 347 g/mol. The van der Waals surface area contributed by atoms with Crippen molar-refractivity contribution in [2.75, 3.05) is 0 Å². The van der Waals surface area contributed by atoms with Crippen molar-refractivity contribution in [2.24, 2.45) is 17.8 Å². The van der Waals surface area contributed by atoms with Crippen molar-refractivity contribution in [1.29, 1.82) is 0 Å². The van der Waals surface area contributed by atoms with E-state index in [-0.39, 0.29) is 29.1 Å². The summed E-state index contributed by atoms with van der Waals surface area (Å²) in [6.45, 7) is 5.96. The molecule has 2 aliphatic carbocycles. The van der Waals surface area contributed by atoms with E-state index in [1.54, 1.807) is 18.2 Å². The number of hydrogen-bond acceptors (Lipinski definition) is 3. The lowest BCUT2D eigenvalue weighted by molar-refractivity contribution is -0.125. The molecule has 24 heavy (non-hydrogen) atoms. The molecule has 0 saturated heterocycles. The average molecular weight is 348 g/mol. The molecule has 1 spiro atoms. The Kier molecular flexibility index (Phi) is 3.31. The molecule has 1 heterocycles. The average Bonchev–Trinajstić information content (AvgIpc) is 3.11. The summed E-state index contributed by atoms with van der Waals surface area (Å²) in [7, 11) is 0. The van der Waals surface area contributed by atoms with E-state index >= 15 is 0 Å². The summed E-state index contributed by atoms with van der Waals surface area (Å²) in [5, 5.41) is 3.61. The molecule has 5 heteroatoms. The zero-order chi connectivity index (χ0) is 17.3. The lowest BCUT2D eigenvalue weighted by Gasteiger charge is -2.37. The number of carbonyl (C=O) groups excluding carboxylic acids is 2. The minimum atomic E-state index is -0.511. The van der Waals surface area contributed by atoms with E-state index in [1.807, 2.05) is 20.8 Å². The molecule has 128 valence electrons. The van der Waals surface area contributed by atoms with Gasteiger partial charge in [-0.15, -0.1) is 0 Å². The molecule has 4 rings (SSSR count). The standard InChI is InChI=1S/C19H22ClNO3/c1-18(2,3)21-17(23)15-11-6-7-19(16(11)15)9-13(22)12-8-10(20)4-5-14(12)24-19/h4-5,8,11,15-16H,6-7,9H2,1-3H3,(H,21,23)/t11-,15-,16-,19+/m0/s1. The van der Waals surface area contributed by atoms with Crippen molar-refractivity contribution in [2.45, 2.75) is 51.2 Å². The van der Waals surface area contributed by atoms with E-state index in [2.05, 4.69) is 5.32 Å². The van der Waals surface area contributed by atoms with Gasteiger partial charge in [-0.2, -0.15) is 0 Å². The van der Waals surface area contributed by atoms with Gasteiger partial charge < -0.3 is 10.1 Å². The van der Waals surface area contributed by atoms with Gasteiger partial charge in [0.25, 0.3) is 0 Å². The molecule has 2 fully saturated rings. The van der Waals surface area contributed by atoms with Crippen molar-refractivity contribution < 1.29 is 14.3 Å². The number of carbonyl (C=O) groups is 2. The van der Waals surface area contributed by atoms with Crippen LogP contribution in [0.2, 0.25) is 5.02 Å². The van der Waals surface area contributed by atoms with Crippen molar-refractivity contribution in [3.05, 3.63) is 28.8 Å². The molecule has 0 unspecified atom stereocenters. The number of fused-ring (bicyclic) bond motifs is 3. The van der Waals surface area contributed by atoms with Crippen LogP contribution < -0.4 is 10.1 Å². The fourth-order valence-electron chi connectivity index (χ4n) is 4.59. The third kappa shape index (κ3) is 2.43. The van der Waals surface area contributed by atoms with Crippen molar-refractivity contribution in [1.82, 2.24) is 5.32 Å².